The molecule has 1 amide bonds. The van der Waals surface area contributed by atoms with Crippen molar-refractivity contribution < 1.29 is 9.18 Å². The Morgan fingerprint density at radius 2 is 1.69 bits per heavy atom. The summed E-state index contributed by atoms with van der Waals surface area (Å²) in [7, 11) is 0. The van der Waals surface area contributed by atoms with Crippen molar-refractivity contribution in [3.63, 3.8) is 0 Å². The molecule has 0 saturated heterocycles. The molecule has 0 saturated carbocycles. The zero-order valence-corrected chi connectivity index (χ0v) is 15.1. The van der Waals surface area contributed by atoms with Gasteiger partial charge in [-0.1, -0.05) is 42.5 Å². The highest BCUT2D eigenvalue weighted by Crippen LogP contribution is 2.17. The van der Waals surface area contributed by atoms with Crippen molar-refractivity contribution in [2.45, 2.75) is 33.0 Å². The normalized spacial score (nSPS) is 10.9. The highest BCUT2D eigenvalue weighted by atomic mass is 19.1. The fourth-order valence-electron chi connectivity index (χ4n) is 2.98. The lowest BCUT2D eigenvalue weighted by molar-refractivity contribution is 0.0681. The molecule has 0 aliphatic rings. The number of amides is 1. The van der Waals surface area contributed by atoms with E-state index in [0.717, 1.165) is 12.2 Å². The number of benzene rings is 2. The summed E-state index contributed by atoms with van der Waals surface area (Å²) in [5, 5.41) is 0. The van der Waals surface area contributed by atoms with Crippen LogP contribution in [0.3, 0.4) is 0 Å². The largest absolute Gasteiger partial charge is 0.345 e. The molecule has 3 aromatic rings. The van der Waals surface area contributed by atoms with Crippen molar-refractivity contribution in [1.29, 1.82) is 0 Å². The van der Waals surface area contributed by atoms with E-state index in [-0.39, 0.29) is 17.5 Å². The maximum atomic E-state index is 14.1. The van der Waals surface area contributed by atoms with Gasteiger partial charge in [0, 0.05) is 24.5 Å². The maximum absolute atomic E-state index is 14.1. The molecule has 1 heterocycles. The molecule has 2 aromatic carbocycles. The Hall–Kier alpha value is -2.88. The molecule has 4 heteroatoms. The van der Waals surface area contributed by atoms with E-state index in [2.05, 4.69) is 16.7 Å². The first-order valence-corrected chi connectivity index (χ1v) is 8.79. The standard InChI is InChI=1S/C22H23FN2O/c1-17(2)25(22(26)20-12-6-7-13-21(20)23)16-19-11-8-14-24(19)15-18-9-4-3-5-10-18/h3-14,17H,15-16H2,1-2H3. The van der Waals surface area contributed by atoms with Crippen LogP contribution in [0.4, 0.5) is 4.39 Å². The van der Waals surface area contributed by atoms with Gasteiger partial charge in [0.15, 0.2) is 0 Å². The lowest BCUT2D eigenvalue weighted by Crippen LogP contribution is -2.37. The summed E-state index contributed by atoms with van der Waals surface area (Å²) in [6.07, 6.45) is 2.01. The summed E-state index contributed by atoms with van der Waals surface area (Å²) in [6.45, 7) is 5.07. The van der Waals surface area contributed by atoms with Gasteiger partial charge in [-0.2, -0.15) is 0 Å². The Morgan fingerprint density at radius 1 is 1.00 bits per heavy atom. The minimum Gasteiger partial charge on any atom is -0.345 e. The van der Waals surface area contributed by atoms with Crippen LogP contribution < -0.4 is 0 Å². The number of hydrogen-bond donors (Lipinski definition) is 0. The molecular formula is C22H23FN2O. The van der Waals surface area contributed by atoms with E-state index in [4.69, 9.17) is 0 Å². The van der Waals surface area contributed by atoms with Crippen LogP contribution in [0.5, 0.6) is 0 Å². The summed E-state index contributed by atoms with van der Waals surface area (Å²) in [4.78, 5) is 14.6. The third-order valence-electron chi connectivity index (χ3n) is 4.44. The third-order valence-corrected chi connectivity index (χ3v) is 4.44. The first-order chi connectivity index (χ1) is 12.6. The van der Waals surface area contributed by atoms with Crippen molar-refractivity contribution in [2.75, 3.05) is 0 Å². The van der Waals surface area contributed by atoms with Gasteiger partial charge in [-0.05, 0) is 43.7 Å². The average molecular weight is 350 g/mol. The minimum atomic E-state index is -0.484. The smallest absolute Gasteiger partial charge is 0.257 e. The second kappa shape index (κ2) is 8.00. The fourth-order valence-corrected chi connectivity index (χ4v) is 2.98. The topological polar surface area (TPSA) is 25.2 Å². The van der Waals surface area contributed by atoms with Crippen LogP contribution in [-0.4, -0.2) is 21.4 Å². The van der Waals surface area contributed by atoms with Crippen LogP contribution >= 0.6 is 0 Å². The Kier molecular flexibility index (Phi) is 5.52. The van der Waals surface area contributed by atoms with Gasteiger partial charge >= 0.3 is 0 Å². The molecule has 3 rings (SSSR count). The molecule has 0 aliphatic heterocycles. The number of rotatable bonds is 6. The van der Waals surface area contributed by atoms with Crippen LogP contribution in [-0.2, 0) is 13.1 Å². The molecule has 0 aliphatic carbocycles. The van der Waals surface area contributed by atoms with E-state index in [9.17, 15) is 9.18 Å². The van der Waals surface area contributed by atoms with Crippen molar-refractivity contribution in [3.05, 3.63) is 95.6 Å². The number of carbonyl (C=O) groups excluding carboxylic acids is 1. The predicted molar refractivity (Wildman–Crippen MR) is 101 cm³/mol. The Balaban J connectivity index is 1.83. The maximum Gasteiger partial charge on any atom is 0.257 e. The molecule has 0 atom stereocenters. The second-order valence-electron chi connectivity index (χ2n) is 6.62. The van der Waals surface area contributed by atoms with Crippen molar-refractivity contribution in [2.24, 2.45) is 0 Å². The number of aromatic nitrogens is 1. The number of carbonyl (C=O) groups is 1. The van der Waals surface area contributed by atoms with E-state index in [1.54, 1.807) is 17.0 Å². The molecule has 0 spiro atoms. The molecule has 3 nitrogen and oxygen atoms in total. The number of hydrogen-bond acceptors (Lipinski definition) is 1. The molecule has 0 bridgehead atoms. The van der Waals surface area contributed by atoms with Crippen LogP contribution in [0.2, 0.25) is 0 Å². The summed E-state index contributed by atoms with van der Waals surface area (Å²) < 4.78 is 16.2. The molecule has 26 heavy (non-hydrogen) atoms. The fraction of sp³-hybridized carbons (Fsp3) is 0.227. The van der Waals surface area contributed by atoms with Crippen molar-refractivity contribution in [3.8, 4) is 0 Å². The lowest BCUT2D eigenvalue weighted by Gasteiger charge is -2.27. The van der Waals surface area contributed by atoms with Gasteiger partial charge < -0.3 is 9.47 Å². The molecule has 0 unspecified atom stereocenters. The average Bonchev–Trinajstić information content (AvgIpc) is 3.07. The van der Waals surface area contributed by atoms with Gasteiger partial charge in [-0.15, -0.1) is 0 Å². The zero-order valence-electron chi connectivity index (χ0n) is 15.1. The van der Waals surface area contributed by atoms with E-state index in [0.29, 0.717) is 6.54 Å². The predicted octanol–water partition coefficient (Wildman–Crippen LogP) is 4.73. The van der Waals surface area contributed by atoms with Gasteiger partial charge in [0.25, 0.3) is 5.91 Å². The van der Waals surface area contributed by atoms with Crippen LogP contribution in [0.15, 0.2) is 72.9 Å². The minimum absolute atomic E-state index is 0.0396. The molecule has 0 fully saturated rings. The summed E-state index contributed by atoms with van der Waals surface area (Å²) in [5.41, 5.74) is 2.33. The van der Waals surface area contributed by atoms with E-state index in [1.807, 2.05) is 50.4 Å². The molecular weight excluding hydrogens is 327 g/mol. The van der Waals surface area contributed by atoms with Crippen LogP contribution in [0.25, 0.3) is 0 Å². The van der Waals surface area contributed by atoms with E-state index < -0.39 is 5.82 Å². The second-order valence-corrected chi connectivity index (χ2v) is 6.62. The molecule has 0 radical (unpaired) electrons. The number of nitrogens with zero attached hydrogens (tertiary/aromatic N) is 2. The molecule has 0 N–H and O–H groups in total. The monoisotopic (exact) mass is 350 g/mol. The molecule has 1 aromatic heterocycles. The summed E-state index contributed by atoms with van der Waals surface area (Å²) >= 11 is 0. The highest BCUT2D eigenvalue weighted by molar-refractivity contribution is 5.94. The zero-order chi connectivity index (χ0) is 18.5. The van der Waals surface area contributed by atoms with Gasteiger partial charge in [0.2, 0.25) is 0 Å². The van der Waals surface area contributed by atoms with Crippen molar-refractivity contribution in [1.82, 2.24) is 9.47 Å². The number of halogens is 1. The Morgan fingerprint density at radius 3 is 2.38 bits per heavy atom. The van der Waals surface area contributed by atoms with E-state index >= 15 is 0 Å². The third kappa shape index (κ3) is 4.02. The van der Waals surface area contributed by atoms with Gasteiger partial charge in [-0.3, -0.25) is 4.79 Å². The first-order valence-electron chi connectivity index (χ1n) is 8.79. The molecule has 134 valence electrons. The first kappa shape index (κ1) is 17.9. The summed E-state index contributed by atoms with van der Waals surface area (Å²) in [6, 6.07) is 20.3. The van der Waals surface area contributed by atoms with Crippen LogP contribution in [0, 0.1) is 5.82 Å². The SMILES string of the molecule is CC(C)N(Cc1cccn1Cc1ccccc1)C(=O)c1ccccc1F. The lowest BCUT2D eigenvalue weighted by atomic mass is 10.1. The Bertz CT molecular complexity index is 871. The summed E-state index contributed by atoms with van der Waals surface area (Å²) in [5.74, 6) is -0.770. The van der Waals surface area contributed by atoms with Crippen molar-refractivity contribution >= 4 is 5.91 Å². The van der Waals surface area contributed by atoms with Crippen LogP contribution in [0.1, 0.15) is 35.5 Å². The van der Waals surface area contributed by atoms with Gasteiger partial charge in [0.1, 0.15) is 5.82 Å². The van der Waals surface area contributed by atoms with E-state index in [1.165, 1.54) is 17.7 Å². The van der Waals surface area contributed by atoms with Gasteiger partial charge in [0.05, 0.1) is 12.1 Å². The quantitative estimate of drug-likeness (QED) is 0.631. The highest BCUT2D eigenvalue weighted by Gasteiger charge is 2.22. The Labute approximate surface area is 153 Å². The van der Waals surface area contributed by atoms with Gasteiger partial charge in [-0.25, -0.2) is 4.39 Å².